The molecule has 0 fully saturated rings. The Morgan fingerprint density at radius 2 is 1.70 bits per heavy atom. The summed E-state index contributed by atoms with van der Waals surface area (Å²) in [5, 5.41) is 0. The fourth-order valence-electron chi connectivity index (χ4n) is 3.38. The van der Waals surface area contributed by atoms with Crippen LogP contribution in [-0.4, -0.2) is 5.91 Å². The highest BCUT2D eigenvalue weighted by molar-refractivity contribution is 6.06. The summed E-state index contributed by atoms with van der Waals surface area (Å²) >= 11 is 0. The second kappa shape index (κ2) is 4.07. The minimum absolute atomic E-state index is 0.0577. The third kappa shape index (κ3) is 1.48. The minimum Gasteiger partial charge on any atom is -0.297 e. The molecule has 1 atom stereocenters. The second-order valence-electron chi connectivity index (χ2n) is 5.50. The maximum Gasteiger partial charge on any atom is 0.251 e. The summed E-state index contributed by atoms with van der Waals surface area (Å²) in [6.45, 7) is 2.05. The van der Waals surface area contributed by atoms with Crippen molar-refractivity contribution in [3.63, 3.8) is 0 Å². The Kier molecular flexibility index (Phi) is 2.34. The van der Waals surface area contributed by atoms with Gasteiger partial charge in [-0.3, -0.25) is 9.69 Å². The molecule has 20 heavy (non-hydrogen) atoms. The molecular formula is C18H15NO. The maximum absolute atomic E-state index is 12.4. The van der Waals surface area contributed by atoms with Crippen LogP contribution < -0.4 is 4.90 Å². The quantitative estimate of drug-likeness (QED) is 0.709. The van der Waals surface area contributed by atoms with Crippen molar-refractivity contribution in [2.75, 3.05) is 4.90 Å². The molecule has 2 aromatic rings. The monoisotopic (exact) mass is 261 g/mol. The summed E-state index contributed by atoms with van der Waals surface area (Å²) in [7, 11) is 0. The van der Waals surface area contributed by atoms with Crippen LogP contribution in [0.5, 0.6) is 0 Å². The number of hydrogen-bond acceptors (Lipinski definition) is 1. The van der Waals surface area contributed by atoms with Crippen molar-refractivity contribution >= 4 is 11.6 Å². The largest absolute Gasteiger partial charge is 0.297 e. The summed E-state index contributed by atoms with van der Waals surface area (Å²) < 4.78 is 0. The lowest BCUT2D eigenvalue weighted by atomic mass is 9.94. The van der Waals surface area contributed by atoms with E-state index >= 15 is 0 Å². The summed E-state index contributed by atoms with van der Waals surface area (Å²) in [6.07, 6.45) is 2.66. The second-order valence-corrected chi connectivity index (χ2v) is 5.50. The molecular weight excluding hydrogens is 246 g/mol. The van der Waals surface area contributed by atoms with E-state index in [-0.39, 0.29) is 11.9 Å². The zero-order valence-electron chi connectivity index (χ0n) is 11.3. The Bertz CT molecular complexity index is 745. The molecule has 2 aliphatic heterocycles. The third-order valence-corrected chi connectivity index (χ3v) is 4.26. The number of benzene rings is 2. The molecule has 2 aliphatic rings. The lowest BCUT2D eigenvalue weighted by molar-refractivity contribution is -0.113. The van der Waals surface area contributed by atoms with E-state index in [0.29, 0.717) is 0 Å². The predicted octanol–water partition coefficient (Wildman–Crippen LogP) is 3.63. The average molecular weight is 261 g/mol. The van der Waals surface area contributed by atoms with E-state index in [4.69, 9.17) is 0 Å². The third-order valence-electron chi connectivity index (χ3n) is 4.26. The van der Waals surface area contributed by atoms with Crippen LogP contribution in [0.2, 0.25) is 0 Å². The van der Waals surface area contributed by atoms with Crippen molar-refractivity contribution in [3.8, 4) is 0 Å². The van der Waals surface area contributed by atoms with Crippen LogP contribution in [0.3, 0.4) is 0 Å². The van der Waals surface area contributed by atoms with Gasteiger partial charge in [-0.25, -0.2) is 0 Å². The van der Waals surface area contributed by atoms with Crippen molar-refractivity contribution in [1.29, 1.82) is 0 Å². The number of fused-ring (bicyclic) bond motifs is 5. The standard InChI is InChI=1S/C18H15NO/c1-12-10-17(20)19-16-9-5-3-7-14(16)11-13-6-2-4-8-15(13)18(12)19/h2-10,18H,11H2,1H3. The van der Waals surface area contributed by atoms with Crippen molar-refractivity contribution < 1.29 is 4.79 Å². The summed E-state index contributed by atoms with van der Waals surface area (Å²) in [6, 6.07) is 16.7. The predicted molar refractivity (Wildman–Crippen MR) is 79.7 cm³/mol. The molecule has 1 unspecified atom stereocenters. The van der Waals surface area contributed by atoms with E-state index in [2.05, 4.69) is 36.4 Å². The number of carbonyl (C=O) groups excluding carboxylic acids is 1. The summed E-state index contributed by atoms with van der Waals surface area (Å²) in [5.74, 6) is 0.0941. The molecule has 0 aliphatic carbocycles. The first-order chi connectivity index (χ1) is 9.75. The van der Waals surface area contributed by atoms with E-state index in [0.717, 1.165) is 17.7 Å². The van der Waals surface area contributed by atoms with Gasteiger partial charge in [0.1, 0.15) is 0 Å². The van der Waals surface area contributed by atoms with Gasteiger partial charge in [0.15, 0.2) is 0 Å². The van der Waals surface area contributed by atoms with E-state index in [9.17, 15) is 4.79 Å². The molecule has 0 saturated carbocycles. The SMILES string of the molecule is CC1=CC(=O)N2c3ccccc3Cc3ccccc3C12. The lowest BCUT2D eigenvalue weighted by Gasteiger charge is -2.26. The number of rotatable bonds is 0. The van der Waals surface area contributed by atoms with Crippen LogP contribution in [0, 0.1) is 0 Å². The molecule has 0 aromatic heterocycles. The van der Waals surface area contributed by atoms with Gasteiger partial charge < -0.3 is 0 Å². The molecule has 0 bridgehead atoms. The summed E-state index contributed by atoms with van der Waals surface area (Å²) in [4.78, 5) is 14.3. The minimum atomic E-state index is 0.0577. The van der Waals surface area contributed by atoms with Gasteiger partial charge in [0.25, 0.3) is 5.91 Å². The first kappa shape index (κ1) is 11.5. The average Bonchev–Trinajstić information content (AvgIpc) is 2.67. The molecule has 1 amide bonds. The fourth-order valence-corrected chi connectivity index (χ4v) is 3.38. The first-order valence-corrected chi connectivity index (χ1v) is 6.93. The zero-order chi connectivity index (χ0) is 13.7. The van der Waals surface area contributed by atoms with E-state index in [1.807, 2.05) is 24.0 Å². The Balaban J connectivity index is 2.02. The Hall–Kier alpha value is -2.35. The van der Waals surface area contributed by atoms with Crippen molar-refractivity contribution in [2.45, 2.75) is 19.4 Å². The first-order valence-electron chi connectivity index (χ1n) is 6.93. The number of hydrogen-bond donors (Lipinski definition) is 0. The van der Waals surface area contributed by atoms with Crippen LogP contribution in [0.4, 0.5) is 5.69 Å². The number of para-hydroxylation sites is 1. The van der Waals surface area contributed by atoms with Crippen LogP contribution in [0.1, 0.15) is 29.7 Å². The highest BCUT2D eigenvalue weighted by atomic mass is 16.2. The normalized spacial score (nSPS) is 19.9. The smallest absolute Gasteiger partial charge is 0.251 e. The molecule has 2 nitrogen and oxygen atoms in total. The number of carbonyl (C=O) groups is 1. The molecule has 0 spiro atoms. The molecule has 2 aromatic carbocycles. The van der Waals surface area contributed by atoms with Gasteiger partial charge >= 0.3 is 0 Å². The highest BCUT2D eigenvalue weighted by Gasteiger charge is 2.36. The van der Waals surface area contributed by atoms with Gasteiger partial charge in [-0.15, -0.1) is 0 Å². The molecule has 4 rings (SSSR count). The molecule has 0 saturated heterocycles. The van der Waals surface area contributed by atoms with Crippen LogP contribution in [-0.2, 0) is 11.2 Å². The highest BCUT2D eigenvalue weighted by Crippen LogP contribution is 2.43. The van der Waals surface area contributed by atoms with Gasteiger partial charge in [-0.2, -0.15) is 0 Å². The number of amides is 1. The summed E-state index contributed by atoms with van der Waals surface area (Å²) in [5.41, 5.74) is 5.96. The van der Waals surface area contributed by atoms with E-state index < -0.39 is 0 Å². The lowest BCUT2D eigenvalue weighted by Crippen LogP contribution is -2.28. The number of anilines is 1. The molecule has 98 valence electrons. The molecule has 2 heterocycles. The zero-order valence-corrected chi connectivity index (χ0v) is 11.3. The van der Waals surface area contributed by atoms with E-state index in [1.54, 1.807) is 6.08 Å². The van der Waals surface area contributed by atoms with Gasteiger partial charge in [-0.1, -0.05) is 42.5 Å². The van der Waals surface area contributed by atoms with Crippen LogP contribution in [0.25, 0.3) is 0 Å². The van der Waals surface area contributed by atoms with Crippen molar-refractivity contribution in [2.24, 2.45) is 0 Å². The van der Waals surface area contributed by atoms with Crippen LogP contribution in [0.15, 0.2) is 60.2 Å². The van der Waals surface area contributed by atoms with Gasteiger partial charge in [-0.05, 0) is 41.7 Å². The van der Waals surface area contributed by atoms with Crippen LogP contribution >= 0.6 is 0 Å². The Morgan fingerprint density at radius 3 is 2.55 bits per heavy atom. The van der Waals surface area contributed by atoms with Crippen molar-refractivity contribution in [1.82, 2.24) is 0 Å². The number of nitrogens with zero attached hydrogens (tertiary/aromatic N) is 1. The van der Waals surface area contributed by atoms with Gasteiger partial charge in [0.2, 0.25) is 0 Å². The van der Waals surface area contributed by atoms with E-state index in [1.165, 1.54) is 16.7 Å². The Morgan fingerprint density at radius 1 is 1.00 bits per heavy atom. The molecule has 0 radical (unpaired) electrons. The Labute approximate surface area is 118 Å². The van der Waals surface area contributed by atoms with Gasteiger partial charge in [0, 0.05) is 11.8 Å². The molecule has 2 heteroatoms. The van der Waals surface area contributed by atoms with Gasteiger partial charge in [0.05, 0.1) is 6.04 Å². The van der Waals surface area contributed by atoms with Crippen molar-refractivity contribution in [3.05, 3.63) is 76.9 Å². The topological polar surface area (TPSA) is 20.3 Å². The maximum atomic E-state index is 12.4. The molecule has 0 N–H and O–H groups in total. The fraction of sp³-hybridized carbons (Fsp3) is 0.167.